The second-order valence-corrected chi connectivity index (χ2v) is 3.76. The number of benzene rings is 1. The summed E-state index contributed by atoms with van der Waals surface area (Å²) in [5.41, 5.74) is 5.68. The van der Waals surface area contributed by atoms with Gasteiger partial charge in [0.25, 0.3) is 0 Å². The van der Waals surface area contributed by atoms with Crippen molar-refractivity contribution in [3.63, 3.8) is 0 Å². The van der Waals surface area contributed by atoms with Crippen LogP contribution in [0.2, 0.25) is 5.02 Å². The fourth-order valence-corrected chi connectivity index (χ4v) is 1.33. The summed E-state index contributed by atoms with van der Waals surface area (Å²) in [6, 6.07) is 4.14. The third-order valence-corrected chi connectivity index (χ3v) is 2.19. The fourth-order valence-electron chi connectivity index (χ4n) is 1.10. The molecule has 0 aliphatic carbocycles. The van der Waals surface area contributed by atoms with E-state index in [0.717, 1.165) is 0 Å². The standard InChI is InChI=1S/C10H10ClF3N2O3/c11-7-3-6(9(15)16-17)1-2-8(7)19-5-18-4-10(12,13)14/h1-3,17H,4-5H2,(H2,15,16). The van der Waals surface area contributed by atoms with Crippen molar-refractivity contribution in [1.82, 2.24) is 0 Å². The largest absolute Gasteiger partial charge is 0.466 e. The zero-order valence-corrected chi connectivity index (χ0v) is 10.2. The Labute approximate surface area is 111 Å². The molecule has 0 heterocycles. The van der Waals surface area contributed by atoms with Crippen LogP contribution in [0.1, 0.15) is 5.56 Å². The van der Waals surface area contributed by atoms with Crippen LogP contribution in [-0.4, -0.2) is 30.6 Å². The molecule has 1 rings (SSSR count). The van der Waals surface area contributed by atoms with Gasteiger partial charge in [-0.2, -0.15) is 13.2 Å². The van der Waals surface area contributed by atoms with Gasteiger partial charge in [-0.3, -0.25) is 0 Å². The maximum absolute atomic E-state index is 11.8. The van der Waals surface area contributed by atoms with Crippen molar-refractivity contribution in [2.45, 2.75) is 6.18 Å². The summed E-state index contributed by atoms with van der Waals surface area (Å²) in [7, 11) is 0. The summed E-state index contributed by atoms with van der Waals surface area (Å²) in [6.07, 6.45) is -4.41. The number of alkyl halides is 3. The molecular weight excluding hydrogens is 289 g/mol. The molecule has 0 amide bonds. The third-order valence-electron chi connectivity index (χ3n) is 1.90. The highest BCUT2D eigenvalue weighted by atomic mass is 35.5. The lowest BCUT2D eigenvalue weighted by Gasteiger charge is -2.11. The van der Waals surface area contributed by atoms with E-state index in [0.29, 0.717) is 5.56 Å². The lowest BCUT2D eigenvalue weighted by molar-refractivity contribution is -0.186. The molecule has 0 atom stereocenters. The van der Waals surface area contributed by atoms with Gasteiger partial charge in [0.1, 0.15) is 12.4 Å². The van der Waals surface area contributed by atoms with Crippen LogP contribution in [0.15, 0.2) is 23.4 Å². The van der Waals surface area contributed by atoms with E-state index in [1.54, 1.807) is 0 Å². The van der Waals surface area contributed by atoms with Gasteiger partial charge < -0.3 is 20.4 Å². The van der Waals surface area contributed by atoms with Crippen molar-refractivity contribution in [3.05, 3.63) is 28.8 Å². The van der Waals surface area contributed by atoms with E-state index in [1.165, 1.54) is 18.2 Å². The first-order valence-electron chi connectivity index (χ1n) is 4.88. The van der Waals surface area contributed by atoms with Crippen LogP contribution in [0.4, 0.5) is 13.2 Å². The number of nitrogens with zero attached hydrogens (tertiary/aromatic N) is 1. The molecule has 0 saturated carbocycles. The molecule has 0 bridgehead atoms. The second-order valence-electron chi connectivity index (χ2n) is 3.36. The molecule has 0 spiro atoms. The fraction of sp³-hybridized carbons (Fsp3) is 0.300. The molecule has 0 aliphatic heterocycles. The summed E-state index contributed by atoms with van der Waals surface area (Å²) in [5, 5.41) is 11.3. The van der Waals surface area contributed by atoms with Crippen LogP contribution in [0.25, 0.3) is 0 Å². The zero-order chi connectivity index (χ0) is 14.5. The van der Waals surface area contributed by atoms with Crippen LogP contribution >= 0.6 is 11.6 Å². The number of hydrogen-bond acceptors (Lipinski definition) is 4. The Morgan fingerprint density at radius 2 is 2.11 bits per heavy atom. The third kappa shape index (κ3) is 5.23. The van der Waals surface area contributed by atoms with Crippen LogP contribution in [0.5, 0.6) is 5.75 Å². The molecule has 19 heavy (non-hydrogen) atoms. The van der Waals surface area contributed by atoms with Crippen molar-refractivity contribution in [1.29, 1.82) is 0 Å². The summed E-state index contributed by atoms with van der Waals surface area (Å²) in [5.74, 6) is -0.0277. The van der Waals surface area contributed by atoms with Crippen LogP contribution in [0.3, 0.4) is 0 Å². The summed E-state index contributed by atoms with van der Waals surface area (Å²) in [6.45, 7) is -2.00. The Bertz CT molecular complexity index is 466. The predicted octanol–water partition coefficient (Wildman–Crippen LogP) is 2.35. The van der Waals surface area contributed by atoms with Gasteiger partial charge in [-0.15, -0.1) is 0 Å². The van der Waals surface area contributed by atoms with E-state index < -0.39 is 19.6 Å². The Hall–Kier alpha value is -1.67. The molecule has 0 radical (unpaired) electrons. The molecule has 1 aromatic rings. The first kappa shape index (κ1) is 15.4. The molecule has 0 aliphatic rings. The number of halogens is 4. The van der Waals surface area contributed by atoms with E-state index in [-0.39, 0.29) is 16.6 Å². The lowest BCUT2D eigenvalue weighted by atomic mass is 10.2. The Morgan fingerprint density at radius 3 is 2.63 bits per heavy atom. The molecule has 1 aromatic carbocycles. The molecule has 0 fully saturated rings. The first-order valence-corrected chi connectivity index (χ1v) is 5.26. The van der Waals surface area contributed by atoms with Gasteiger partial charge in [-0.05, 0) is 18.2 Å². The molecule has 0 aromatic heterocycles. The number of hydrogen-bond donors (Lipinski definition) is 2. The average molecular weight is 299 g/mol. The number of ether oxygens (including phenoxy) is 2. The van der Waals surface area contributed by atoms with Crippen molar-refractivity contribution < 1.29 is 27.9 Å². The van der Waals surface area contributed by atoms with E-state index in [4.69, 9.17) is 27.3 Å². The van der Waals surface area contributed by atoms with Gasteiger partial charge in [0.2, 0.25) is 0 Å². The van der Waals surface area contributed by atoms with Gasteiger partial charge in [0.15, 0.2) is 12.6 Å². The molecule has 106 valence electrons. The molecular formula is C10H10ClF3N2O3. The maximum Gasteiger partial charge on any atom is 0.411 e. The van der Waals surface area contributed by atoms with Crippen molar-refractivity contribution in [3.8, 4) is 5.75 Å². The van der Waals surface area contributed by atoms with Crippen LogP contribution in [-0.2, 0) is 4.74 Å². The second kappa shape index (κ2) is 6.48. The van der Waals surface area contributed by atoms with Crippen molar-refractivity contribution in [2.24, 2.45) is 10.9 Å². The monoisotopic (exact) mass is 298 g/mol. The molecule has 9 heteroatoms. The maximum atomic E-state index is 11.8. The van der Waals surface area contributed by atoms with Gasteiger partial charge in [0.05, 0.1) is 5.02 Å². The van der Waals surface area contributed by atoms with E-state index in [9.17, 15) is 13.2 Å². The van der Waals surface area contributed by atoms with Gasteiger partial charge in [0, 0.05) is 5.56 Å². The number of amidine groups is 1. The van der Waals surface area contributed by atoms with Crippen LogP contribution in [0, 0.1) is 0 Å². The highest BCUT2D eigenvalue weighted by molar-refractivity contribution is 6.32. The smallest absolute Gasteiger partial charge is 0.411 e. The number of oxime groups is 1. The lowest BCUT2D eigenvalue weighted by Crippen LogP contribution is -2.19. The van der Waals surface area contributed by atoms with Gasteiger partial charge >= 0.3 is 6.18 Å². The number of rotatable bonds is 5. The Balaban J connectivity index is 2.56. The SMILES string of the molecule is N/C(=N/O)c1ccc(OCOCC(F)(F)F)c(Cl)c1. The minimum Gasteiger partial charge on any atom is -0.466 e. The van der Waals surface area contributed by atoms with Crippen LogP contribution < -0.4 is 10.5 Å². The summed E-state index contributed by atoms with van der Waals surface area (Å²) < 4.78 is 44.5. The van der Waals surface area contributed by atoms with Gasteiger partial charge in [-0.1, -0.05) is 16.8 Å². The zero-order valence-electron chi connectivity index (χ0n) is 9.45. The van der Waals surface area contributed by atoms with E-state index in [2.05, 4.69) is 9.89 Å². The predicted molar refractivity (Wildman–Crippen MR) is 61.5 cm³/mol. The van der Waals surface area contributed by atoms with E-state index in [1.807, 2.05) is 0 Å². The average Bonchev–Trinajstić information content (AvgIpc) is 2.33. The van der Waals surface area contributed by atoms with Crippen molar-refractivity contribution >= 4 is 17.4 Å². The summed E-state index contributed by atoms with van der Waals surface area (Å²) >= 11 is 5.80. The van der Waals surface area contributed by atoms with Gasteiger partial charge in [-0.25, -0.2) is 0 Å². The normalized spacial score (nSPS) is 12.5. The number of nitrogens with two attached hydrogens (primary N) is 1. The minimum atomic E-state index is -4.41. The molecule has 3 N–H and O–H groups in total. The minimum absolute atomic E-state index is 0.0970. The molecule has 0 unspecified atom stereocenters. The topological polar surface area (TPSA) is 77.1 Å². The van der Waals surface area contributed by atoms with E-state index >= 15 is 0 Å². The quantitative estimate of drug-likeness (QED) is 0.218. The highest BCUT2D eigenvalue weighted by Gasteiger charge is 2.27. The molecule has 5 nitrogen and oxygen atoms in total. The Kier molecular flexibility index (Phi) is 5.25. The molecule has 0 saturated heterocycles. The summed E-state index contributed by atoms with van der Waals surface area (Å²) in [4.78, 5) is 0. The first-order chi connectivity index (χ1) is 8.83. The van der Waals surface area contributed by atoms with Crippen molar-refractivity contribution in [2.75, 3.05) is 13.4 Å². The Morgan fingerprint density at radius 1 is 1.42 bits per heavy atom. The highest BCUT2D eigenvalue weighted by Crippen LogP contribution is 2.25.